The van der Waals surface area contributed by atoms with Crippen LogP contribution in [0.5, 0.6) is 0 Å². The summed E-state index contributed by atoms with van der Waals surface area (Å²) in [7, 11) is 0. The van der Waals surface area contributed by atoms with E-state index in [2.05, 4.69) is 0 Å². The third-order valence-corrected chi connectivity index (χ3v) is 2.10. The molecule has 0 fully saturated rings. The second-order valence-electron chi connectivity index (χ2n) is 3.26. The summed E-state index contributed by atoms with van der Waals surface area (Å²) in [5, 5.41) is 10.4. The summed E-state index contributed by atoms with van der Waals surface area (Å²) in [6, 6.07) is 9.73. The van der Waals surface area contributed by atoms with Gasteiger partial charge in [-0.3, -0.25) is 10.1 Å². The van der Waals surface area contributed by atoms with E-state index in [4.69, 9.17) is 0 Å². The molecule has 0 amide bonds. The van der Waals surface area contributed by atoms with E-state index in [9.17, 15) is 10.1 Å². The van der Waals surface area contributed by atoms with Crippen LogP contribution in [0.4, 0.5) is 0 Å². The first-order valence-electron chi connectivity index (χ1n) is 4.49. The van der Waals surface area contributed by atoms with Gasteiger partial charge in [0.15, 0.2) is 0 Å². The van der Waals surface area contributed by atoms with E-state index >= 15 is 0 Å². The number of rotatable bonds is 3. The largest absolute Gasteiger partial charge is 0.259 e. The van der Waals surface area contributed by atoms with Crippen LogP contribution in [0.3, 0.4) is 0 Å². The van der Waals surface area contributed by atoms with Crippen molar-refractivity contribution >= 4 is 0 Å². The van der Waals surface area contributed by atoms with Crippen molar-refractivity contribution in [2.75, 3.05) is 0 Å². The number of hydrogen-bond acceptors (Lipinski definition) is 2. The first-order chi connectivity index (χ1) is 6.61. The molecule has 0 N–H and O–H groups in total. The first-order valence-corrected chi connectivity index (χ1v) is 4.49. The highest BCUT2D eigenvalue weighted by Crippen LogP contribution is 2.17. The number of allylic oxidation sites excluding steroid dienone is 2. The topological polar surface area (TPSA) is 43.1 Å². The summed E-state index contributed by atoms with van der Waals surface area (Å²) in [4.78, 5) is 10.0. The molecule has 0 spiro atoms. The lowest BCUT2D eigenvalue weighted by atomic mass is 10.0. The zero-order valence-corrected chi connectivity index (χ0v) is 8.31. The van der Waals surface area contributed by atoms with Gasteiger partial charge in [0.1, 0.15) is 0 Å². The molecular formula is C11H13NO2. The molecule has 1 unspecified atom stereocenters. The van der Waals surface area contributed by atoms with E-state index in [0.717, 1.165) is 5.56 Å². The molecule has 0 aliphatic rings. The van der Waals surface area contributed by atoms with Crippen molar-refractivity contribution < 1.29 is 4.92 Å². The van der Waals surface area contributed by atoms with E-state index < -0.39 is 0 Å². The van der Waals surface area contributed by atoms with Crippen molar-refractivity contribution in [1.82, 2.24) is 0 Å². The molecule has 0 saturated carbocycles. The Hall–Kier alpha value is -1.64. The van der Waals surface area contributed by atoms with Gasteiger partial charge in [0, 0.05) is 12.8 Å². The van der Waals surface area contributed by atoms with Crippen LogP contribution in [0.15, 0.2) is 42.1 Å². The Balaban J connectivity index is 2.82. The van der Waals surface area contributed by atoms with E-state index in [1.807, 2.05) is 37.3 Å². The van der Waals surface area contributed by atoms with Crippen LogP contribution in [0.1, 0.15) is 25.3 Å². The lowest BCUT2D eigenvalue weighted by Crippen LogP contribution is -1.97. The Morgan fingerprint density at radius 3 is 2.50 bits per heavy atom. The normalized spacial score (nSPS) is 13.7. The Kier molecular flexibility index (Phi) is 3.40. The maximum Gasteiger partial charge on any atom is 0.239 e. The Bertz CT molecular complexity index is 344. The molecule has 1 atom stereocenters. The van der Waals surface area contributed by atoms with Crippen LogP contribution in [-0.2, 0) is 0 Å². The average molecular weight is 191 g/mol. The van der Waals surface area contributed by atoms with E-state index in [-0.39, 0.29) is 16.5 Å². The lowest BCUT2D eigenvalue weighted by molar-refractivity contribution is -0.424. The third kappa shape index (κ3) is 2.69. The number of nitro groups is 1. The molecule has 0 aliphatic heterocycles. The van der Waals surface area contributed by atoms with Gasteiger partial charge in [-0.25, -0.2) is 0 Å². The zero-order chi connectivity index (χ0) is 10.6. The summed E-state index contributed by atoms with van der Waals surface area (Å²) in [5.74, 6) is 0.0848. The van der Waals surface area contributed by atoms with Gasteiger partial charge in [-0.1, -0.05) is 37.3 Å². The van der Waals surface area contributed by atoms with Gasteiger partial charge in [0.2, 0.25) is 5.70 Å². The zero-order valence-electron chi connectivity index (χ0n) is 8.31. The summed E-state index contributed by atoms with van der Waals surface area (Å²) in [6.07, 6.45) is 1.66. The highest BCUT2D eigenvalue weighted by Gasteiger charge is 2.07. The quantitative estimate of drug-likeness (QED) is 0.544. The van der Waals surface area contributed by atoms with Gasteiger partial charge < -0.3 is 0 Å². The highest BCUT2D eigenvalue weighted by atomic mass is 16.6. The fourth-order valence-corrected chi connectivity index (χ4v) is 1.28. The summed E-state index contributed by atoms with van der Waals surface area (Å²) in [6.45, 7) is 3.46. The molecule has 1 aromatic carbocycles. The molecule has 0 bridgehead atoms. The fourth-order valence-electron chi connectivity index (χ4n) is 1.28. The van der Waals surface area contributed by atoms with Crippen molar-refractivity contribution in [1.29, 1.82) is 0 Å². The van der Waals surface area contributed by atoms with Crippen LogP contribution < -0.4 is 0 Å². The fraction of sp³-hybridized carbons (Fsp3) is 0.273. The molecule has 0 aromatic heterocycles. The standard InChI is InChI=1S/C11H13NO2/c1-9(8-10(2)12(13)14)11-6-4-3-5-7-11/h3-9H,1-2H3/b10-8+. The maximum absolute atomic E-state index is 10.4. The maximum atomic E-state index is 10.4. The van der Waals surface area contributed by atoms with E-state index in [1.165, 1.54) is 6.92 Å². The molecule has 1 aromatic rings. The van der Waals surface area contributed by atoms with Crippen LogP contribution in [0.2, 0.25) is 0 Å². The SMILES string of the molecule is C/C(=C\C(C)c1ccccc1)[N+](=O)[O-]. The second-order valence-corrected chi connectivity index (χ2v) is 3.26. The molecule has 14 heavy (non-hydrogen) atoms. The molecule has 3 heteroatoms. The number of hydrogen-bond donors (Lipinski definition) is 0. The second kappa shape index (κ2) is 4.56. The van der Waals surface area contributed by atoms with E-state index in [1.54, 1.807) is 6.08 Å². The third-order valence-electron chi connectivity index (χ3n) is 2.10. The Morgan fingerprint density at radius 2 is 2.00 bits per heavy atom. The van der Waals surface area contributed by atoms with Crippen LogP contribution in [-0.4, -0.2) is 4.92 Å². The molecule has 0 saturated heterocycles. The molecule has 3 nitrogen and oxygen atoms in total. The average Bonchev–Trinajstić information content (AvgIpc) is 2.19. The summed E-state index contributed by atoms with van der Waals surface area (Å²) < 4.78 is 0. The number of nitrogens with zero attached hydrogens (tertiary/aromatic N) is 1. The first kappa shape index (κ1) is 10.4. The van der Waals surface area contributed by atoms with Gasteiger partial charge in [0.05, 0.1) is 4.92 Å². The summed E-state index contributed by atoms with van der Waals surface area (Å²) in [5.41, 5.74) is 1.29. The highest BCUT2D eigenvalue weighted by molar-refractivity contribution is 5.23. The van der Waals surface area contributed by atoms with E-state index in [0.29, 0.717) is 0 Å². The van der Waals surface area contributed by atoms with Crippen molar-refractivity contribution in [3.63, 3.8) is 0 Å². The molecule has 0 radical (unpaired) electrons. The van der Waals surface area contributed by atoms with Crippen molar-refractivity contribution in [3.8, 4) is 0 Å². The molecule has 74 valence electrons. The van der Waals surface area contributed by atoms with Crippen molar-refractivity contribution in [2.45, 2.75) is 19.8 Å². The van der Waals surface area contributed by atoms with Crippen LogP contribution in [0.25, 0.3) is 0 Å². The van der Waals surface area contributed by atoms with Crippen molar-refractivity contribution in [2.24, 2.45) is 0 Å². The van der Waals surface area contributed by atoms with Crippen molar-refractivity contribution in [3.05, 3.63) is 57.8 Å². The van der Waals surface area contributed by atoms with Crippen LogP contribution in [0, 0.1) is 10.1 Å². The Morgan fingerprint density at radius 1 is 1.43 bits per heavy atom. The molecule has 0 aliphatic carbocycles. The predicted octanol–water partition coefficient (Wildman–Crippen LogP) is 2.97. The Labute approximate surface area is 83.2 Å². The predicted molar refractivity (Wildman–Crippen MR) is 55.6 cm³/mol. The minimum Gasteiger partial charge on any atom is -0.259 e. The van der Waals surface area contributed by atoms with Gasteiger partial charge >= 0.3 is 0 Å². The molecular weight excluding hydrogens is 178 g/mol. The van der Waals surface area contributed by atoms with Gasteiger partial charge in [0.25, 0.3) is 0 Å². The lowest BCUT2D eigenvalue weighted by Gasteiger charge is -2.05. The van der Waals surface area contributed by atoms with Gasteiger partial charge in [-0.05, 0) is 11.6 Å². The van der Waals surface area contributed by atoms with Gasteiger partial charge in [-0.15, -0.1) is 0 Å². The molecule has 0 heterocycles. The summed E-state index contributed by atoms with van der Waals surface area (Å²) >= 11 is 0. The minimum absolute atomic E-state index is 0.0848. The number of benzene rings is 1. The monoisotopic (exact) mass is 191 g/mol. The van der Waals surface area contributed by atoms with Gasteiger partial charge in [-0.2, -0.15) is 0 Å². The van der Waals surface area contributed by atoms with Crippen LogP contribution >= 0.6 is 0 Å². The minimum atomic E-state index is -0.362. The smallest absolute Gasteiger partial charge is 0.239 e. The molecule has 1 rings (SSSR count).